The lowest BCUT2D eigenvalue weighted by Gasteiger charge is -2.33. The smallest absolute Gasteiger partial charge is 0.0898 e. The Morgan fingerprint density at radius 2 is 2.04 bits per heavy atom. The number of aliphatic hydroxyl groups excluding tert-OH is 1. The van der Waals surface area contributed by atoms with Gasteiger partial charge in [0, 0.05) is 25.3 Å². The molecule has 24 heavy (non-hydrogen) atoms. The molecule has 2 N–H and O–H groups in total. The van der Waals surface area contributed by atoms with Crippen molar-refractivity contribution < 1.29 is 14.6 Å². The van der Waals surface area contributed by atoms with Crippen molar-refractivity contribution >= 4 is 0 Å². The predicted molar refractivity (Wildman–Crippen MR) is 95.1 cm³/mol. The molecule has 2 aliphatic rings. The molecule has 1 atom stereocenters. The maximum absolute atomic E-state index is 10.3. The van der Waals surface area contributed by atoms with E-state index in [2.05, 4.69) is 36.5 Å². The van der Waals surface area contributed by atoms with Crippen molar-refractivity contribution in [1.82, 2.24) is 5.32 Å². The zero-order chi connectivity index (χ0) is 16.8. The van der Waals surface area contributed by atoms with E-state index in [1.165, 1.54) is 24.0 Å². The van der Waals surface area contributed by atoms with Gasteiger partial charge >= 0.3 is 0 Å². The van der Waals surface area contributed by atoms with E-state index in [1.807, 2.05) is 0 Å². The summed E-state index contributed by atoms with van der Waals surface area (Å²) < 4.78 is 11.2. The Bertz CT molecular complexity index is 507. The van der Waals surface area contributed by atoms with Crippen LogP contribution in [-0.4, -0.2) is 43.7 Å². The maximum Gasteiger partial charge on any atom is 0.0898 e. The van der Waals surface area contributed by atoms with Gasteiger partial charge < -0.3 is 19.9 Å². The molecule has 1 saturated heterocycles. The molecule has 1 aliphatic heterocycles. The number of aryl methyl sites for hydroxylation is 1. The minimum Gasteiger partial charge on any atom is -0.389 e. The van der Waals surface area contributed by atoms with E-state index in [9.17, 15) is 5.11 Å². The van der Waals surface area contributed by atoms with E-state index in [4.69, 9.17) is 9.47 Å². The van der Waals surface area contributed by atoms with Crippen molar-refractivity contribution in [2.24, 2.45) is 0 Å². The largest absolute Gasteiger partial charge is 0.389 e. The molecule has 134 valence electrons. The van der Waals surface area contributed by atoms with E-state index >= 15 is 0 Å². The van der Waals surface area contributed by atoms with Crippen molar-refractivity contribution in [3.63, 3.8) is 0 Å². The van der Waals surface area contributed by atoms with Crippen LogP contribution in [0.5, 0.6) is 0 Å². The number of aliphatic hydroxyl groups is 1. The lowest BCUT2D eigenvalue weighted by atomic mass is 9.87. The third-order valence-corrected chi connectivity index (χ3v) is 5.40. The van der Waals surface area contributed by atoms with E-state index in [-0.39, 0.29) is 11.6 Å². The SMILES string of the molecule is Cc1cccc(C2(NCC(O)COC3CCOCC3)CCCC2)c1. The van der Waals surface area contributed by atoms with Gasteiger partial charge in [-0.2, -0.15) is 0 Å². The summed E-state index contributed by atoms with van der Waals surface area (Å²) in [6.07, 6.45) is 6.43. The number of nitrogens with one attached hydrogen (secondary N) is 1. The maximum atomic E-state index is 10.3. The summed E-state index contributed by atoms with van der Waals surface area (Å²) in [5.74, 6) is 0. The van der Waals surface area contributed by atoms with Crippen LogP contribution in [0.4, 0.5) is 0 Å². The topological polar surface area (TPSA) is 50.7 Å². The fourth-order valence-corrected chi connectivity index (χ4v) is 3.95. The molecule has 1 heterocycles. The second-order valence-corrected chi connectivity index (χ2v) is 7.34. The molecule has 1 unspecified atom stereocenters. The first-order valence-corrected chi connectivity index (χ1v) is 9.37. The first kappa shape index (κ1) is 17.9. The summed E-state index contributed by atoms with van der Waals surface area (Å²) in [6, 6.07) is 8.78. The van der Waals surface area contributed by atoms with Gasteiger partial charge in [-0.05, 0) is 38.2 Å². The third kappa shape index (κ3) is 4.57. The Morgan fingerprint density at radius 1 is 1.29 bits per heavy atom. The Hall–Kier alpha value is -0.940. The zero-order valence-electron chi connectivity index (χ0n) is 14.8. The van der Waals surface area contributed by atoms with Crippen molar-refractivity contribution in [3.05, 3.63) is 35.4 Å². The number of ether oxygens (including phenoxy) is 2. The van der Waals surface area contributed by atoms with Gasteiger partial charge in [0.15, 0.2) is 0 Å². The molecule has 1 saturated carbocycles. The predicted octanol–water partition coefficient (Wildman–Crippen LogP) is 2.91. The molecule has 0 bridgehead atoms. The Balaban J connectivity index is 1.52. The van der Waals surface area contributed by atoms with Gasteiger partial charge in [0.1, 0.15) is 0 Å². The zero-order valence-corrected chi connectivity index (χ0v) is 14.8. The normalized spacial score (nSPS) is 22.6. The Kier molecular flexibility index (Phi) is 6.28. The number of hydrogen-bond acceptors (Lipinski definition) is 4. The van der Waals surface area contributed by atoms with Crippen LogP contribution in [0.15, 0.2) is 24.3 Å². The van der Waals surface area contributed by atoms with Crippen LogP contribution in [0.1, 0.15) is 49.7 Å². The van der Waals surface area contributed by atoms with Gasteiger partial charge in [0.2, 0.25) is 0 Å². The third-order valence-electron chi connectivity index (χ3n) is 5.40. The van der Waals surface area contributed by atoms with Gasteiger partial charge in [0.05, 0.1) is 18.8 Å². The molecular weight excluding hydrogens is 302 g/mol. The van der Waals surface area contributed by atoms with Crippen molar-refractivity contribution in [1.29, 1.82) is 0 Å². The molecular formula is C20H31NO3. The van der Waals surface area contributed by atoms with Gasteiger partial charge in [-0.1, -0.05) is 42.7 Å². The van der Waals surface area contributed by atoms with Crippen LogP contribution >= 0.6 is 0 Å². The highest BCUT2D eigenvalue weighted by atomic mass is 16.5. The number of hydrogen-bond donors (Lipinski definition) is 2. The second-order valence-electron chi connectivity index (χ2n) is 7.34. The standard InChI is InChI=1S/C20H31NO3/c1-16-5-4-6-17(13-16)20(9-2-3-10-20)21-14-18(22)15-24-19-7-11-23-12-8-19/h4-6,13,18-19,21-22H,2-3,7-12,14-15H2,1H3. The molecule has 4 nitrogen and oxygen atoms in total. The van der Waals surface area contributed by atoms with E-state index in [0.717, 1.165) is 38.9 Å². The molecule has 2 fully saturated rings. The minimum absolute atomic E-state index is 0.0195. The number of benzene rings is 1. The summed E-state index contributed by atoms with van der Waals surface area (Å²) in [5.41, 5.74) is 2.67. The molecule has 1 aliphatic carbocycles. The Labute approximate surface area is 145 Å². The lowest BCUT2D eigenvalue weighted by molar-refractivity contribution is -0.0595. The average molecular weight is 333 g/mol. The average Bonchev–Trinajstić information content (AvgIpc) is 3.09. The fourth-order valence-electron chi connectivity index (χ4n) is 3.95. The minimum atomic E-state index is -0.463. The second kappa shape index (κ2) is 8.43. The quantitative estimate of drug-likeness (QED) is 0.805. The van der Waals surface area contributed by atoms with Crippen LogP contribution in [0.3, 0.4) is 0 Å². The highest BCUT2D eigenvalue weighted by Crippen LogP contribution is 2.38. The van der Waals surface area contributed by atoms with Crippen LogP contribution in [0, 0.1) is 6.92 Å². The summed E-state index contributed by atoms with van der Waals surface area (Å²) in [4.78, 5) is 0. The Morgan fingerprint density at radius 3 is 2.75 bits per heavy atom. The number of rotatable bonds is 7. The van der Waals surface area contributed by atoms with E-state index in [1.54, 1.807) is 0 Å². The molecule has 0 radical (unpaired) electrons. The molecule has 4 heteroatoms. The monoisotopic (exact) mass is 333 g/mol. The molecule has 1 aromatic carbocycles. The van der Waals surface area contributed by atoms with Crippen LogP contribution in [0.2, 0.25) is 0 Å². The van der Waals surface area contributed by atoms with Crippen molar-refractivity contribution in [2.75, 3.05) is 26.4 Å². The van der Waals surface area contributed by atoms with Crippen LogP contribution in [0.25, 0.3) is 0 Å². The van der Waals surface area contributed by atoms with Crippen molar-refractivity contribution in [2.45, 2.75) is 63.2 Å². The van der Waals surface area contributed by atoms with Gasteiger partial charge in [-0.3, -0.25) is 0 Å². The molecule has 0 aromatic heterocycles. The molecule has 3 rings (SSSR count). The molecule has 1 aromatic rings. The highest BCUT2D eigenvalue weighted by molar-refractivity contribution is 5.30. The first-order chi connectivity index (χ1) is 11.7. The van der Waals surface area contributed by atoms with Gasteiger partial charge in [0.25, 0.3) is 0 Å². The van der Waals surface area contributed by atoms with Gasteiger partial charge in [-0.25, -0.2) is 0 Å². The fraction of sp³-hybridized carbons (Fsp3) is 0.700. The van der Waals surface area contributed by atoms with Gasteiger partial charge in [-0.15, -0.1) is 0 Å². The molecule has 0 spiro atoms. The summed E-state index contributed by atoms with van der Waals surface area (Å²) in [6.45, 7) is 4.67. The highest BCUT2D eigenvalue weighted by Gasteiger charge is 2.35. The van der Waals surface area contributed by atoms with Crippen molar-refractivity contribution in [3.8, 4) is 0 Å². The van der Waals surface area contributed by atoms with E-state index < -0.39 is 6.10 Å². The summed E-state index contributed by atoms with van der Waals surface area (Å²) in [5, 5.41) is 14.0. The lowest BCUT2D eigenvalue weighted by Crippen LogP contribution is -2.45. The van der Waals surface area contributed by atoms with E-state index in [0.29, 0.717) is 13.2 Å². The van der Waals surface area contributed by atoms with Crippen LogP contribution in [-0.2, 0) is 15.0 Å². The first-order valence-electron chi connectivity index (χ1n) is 9.37. The molecule has 0 amide bonds. The summed E-state index contributed by atoms with van der Waals surface area (Å²) in [7, 11) is 0. The summed E-state index contributed by atoms with van der Waals surface area (Å²) >= 11 is 0. The van der Waals surface area contributed by atoms with Crippen LogP contribution < -0.4 is 5.32 Å².